The summed E-state index contributed by atoms with van der Waals surface area (Å²) < 4.78 is 42.8. The highest BCUT2D eigenvalue weighted by atomic mass is 19.1. The Morgan fingerprint density at radius 1 is 1.25 bits per heavy atom. The van der Waals surface area contributed by atoms with Crippen LogP contribution in [0.2, 0.25) is 0 Å². The van der Waals surface area contributed by atoms with Crippen molar-refractivity contribution >= 4 is 12.1 Å². The topological polar surface area (TPSA) is 73.9 Å². The fraction of sp³-hybridized carbons (Fsp3) is 0.500. The Kier molecular flexibility index (Phi) is 8.40. The van der Waals surface area contributed by atoms with Crippen LogP contribution in [0.5, 0.6) is 5.75 Å². The van der Waals surface area contributed by atoms with Crippen molar-refractivity contribution in [1.82, 2.24) is 5.32 Å². The van der Waals surface area contributed by atoms with Gasteiger partial charge in [0.1, 0.15) is 29.7 Å². The number of hydrogen-bond donors (Lipinski definition) is 1. The lowest BCUT2D eigenvalue weighted by atomic mass is 10.1. The largest absolute Gasteiger partial charge is 0.483 e. The van der Waals surface area contributed by atoms with Gasteiger partial charge in [-0.3, -0.25) is 0 Å². The second-order valence-corrected chi connectivity index (χ2v) is 7.27. The highest BCUT2D eigenvalue weighted by Gasteiger charge is 2.27. The minimum absolute atomic E-state index is 0.170. The maximum atomic E-state index is 13.8. The van der Waals surface area contributed by atoms with Gasteiger partial charge in [-0.15, -0.1) is 6.58 Å². The van der Waals surface area contributed by atoms with Crippen LogP contribution in [0.15, 0.2) is 30.9 Å². The SMILES string of the molecule is C=CC[C@@H](Oc1ccc(F)cc1F)[C@H](C)OC(=O)[C@H](C)NC(=O)OC(C)(C)C. The first-order valence-corrected chi connectivity index (χ1v) is 8.85. The maximum Gasteiger partial charge on any atom is 0.408 e. The zero-order chi connectivity index (χ0) is 21.5. The number of benzene rings is 1. The number of esters is 1. The van der Waals surface area contributed by atoms with E-state index in [0.717, 1.165) is 12.1 Å². The van der Waals surface area contributed by atoms with E-state index in [9.17, 15) is 18.4 Å². The highest BCUT2D eigenvalue weighted by Crippen LogP contribution is 2.22. The minimum atomic E-state index is -0.968. The van der Waals surface area contributed by atoms with E-state index in [1.807, 2.05) is 0 Å². The van der Waals surface area contributed by atoms with E-state index in [4.69, 9.17) is 14.2 Å². The third-order valence-electron chi connectivity index (χ3n) is 3.48. The van der Waals surface area contributed by atoms with Crippen molar-refractivity contribution in [2.45, 2.75) is 64.9 Å². The van der Waals surface area contributed by atoms with Gasteiger partial charge >= 0.3 is 12.1 Å². The molecule has 0 radical (unpaired) electrons. The van der Waals surface area contributed by atoms with E-state index in [1.165, 1.54) is 13.0 Å². The lowest BCUT2D eigenvalue weighted by Gasteiger charge is -2.26. The summed E-state index contributed by atoms with van der Waals surface area (Å²) in [5.74, 6) is -2.48. The molecule has 1 aromatic carbocycles. The fourth-order valence-electron chi connectivity index (χ4n) is 2.14. The first-order chi connectivity index (χ1) is 12.9. The zero-order valence-corrected chi connectivity index (χ0v) is 16.8. The first kappa shape index (κ1) is 23.4. The smallest absolute Gasteiger partial charge is 0.408 e. The van der Waals surface area contributed by atoms with Gasteiger partial charge in [0, 0.05) is 12.5 Å². The summed E-state index contributed by atoms with van der Waals surface area (Å²) in [5, 5.41) is 2.38. The summed E-state index contributed by atoms with van der Waals surface area (Å²) in [6.07, 6.45) is -0.525. The van der Waals surface area contributed by atoms with Gasteiger partial charge in [-0.05, 0) is 46.8 Å². The predicted octanol–water partition coefficient (Wildman–Crippen LogP) is 4.13. The monoisotopic (exact) mass is 399 g/mol. The summed E-state index contributed by atoms with van der Waals surface area (Å²) in [6.45, 7) is 11.7. The van der Waals surface area contributed by atoms with Crippen LogP contribution >= 0.6 is 0 Å². The molecule has 0 heterocycles. The fourth-order valence-corrected chi connectivity index (χ4v) is 2.14. The molecular weight excluding hydrogens is 372 g/mol. The lowest BCUT2D eigenvalue weighted by molar-refractivity contribution is -0.154. The molecule has 1 aromatic rings. The number of hydrogen-bond acceptors (Lipinski definition) is 5. The Hall–Kier alpha value is -2.64. The van der Waals surface area contributed by atoms with Gasteiger partial charge in [-0.2, -0.15) is 0 Å². The van der Waals surface area contributed by atoms with E-state index in [-0.39, 0.29) is 12.2 Å². The number of carbonyl (C=O) groups is 2. The van der Waals surface area contributed by atoms with Crippen LogP contribution in [-0.4, -0.2) is 35.9 Å². The number of amides is 1. The number of nitrogens with one attached hydrogen (secondary N) is 1. The second-order valence-electron chi connectivity index (χ2n) is 7.27. The Morgan fingerprint density at radius 3 is 2.43 bits per heavy atom. The van der Waals surface area contributed by atoms with E-state index < -0.39 is 47.5 Å². The van der Waals surface area contributed by atoms with Crippen molar-refractivity contribution in [3.8, 4) is 5.75 Å². The van der Waals surface area contributed by atoms with Crippen LogP contribution in [0.25, 0.3) is 0 Å². The van der Waals surface area contributed by atoms with Crippen LogP contribution in [0.4, 0.5) is 13.6 Å². The molecule has 0 aromatic heterocycles. The van der Waals surface area contributed by atoms with Gasteiger partial charge in [0.05, 0.1) is 0 Å². The van der Waals surface area contributed by atoms with Crippen LogP contribution in [-0.2, 0) is 14.3 Å². The minimum Gasteiger partial charge on any atom is -0.483 e. The van der Waals surface area contributed by atoms with Crippen molar-refractivity contribution in [2.75, 3.05) is 0 Å². The molecule has 8 heteroatoms. The molecule has 28 heavy (non-hydrogen) atoms. The van der Waals surface area contributed by atoms with Gasteiger partial charge in [0.2, 0.25) is 0 Å². The van der Waals surface area contributed by atoms with Crippen molar-refractivity contribution in [1.29, 1.82) is 0 Å². The molecule has 0 bridgehead atoms. The van der Waals surface area contributed by atoms with Crippen molar-refractivity contribution < 1.29 is 32.6 Å². The van der Waals surface area contributed by atoms with Crippen LogP contribution in [0.1, 0.15) is 41.0 Å². The van der Waals surface area contributed by atoms with Gasteiger partial charge < -0.3 is 19.5 Å². The molecule has 0 saturated carbocycles. The molecule has 0 aliphatic rings. The molecular formula is C20H27F2NO5. The lowest BCUT2D eigenvalue weighted by Crippen LogP contribution is -2.44. The Bertz CT molecular complexity index is 702. The van der Waals surface area contributed by atoms with E-state index in [1.54, 1.807) is 27.7 Å². The molecule has 0 unspecified atom stereocenters. The third kappa shape index (κ3) is 7.94. The summed E-state index contributed by atoms with van der Waals surface area (Å²) in [4.78, 5) is 24.0. The molecule has 0 spiro atoms. The van der Waals surface area contributed by atoms with Gasteiger partial charge in [-0.1, -0.05) is 6.08 Å². The number of alkyl carbamates (subject to hydrolysis) is 1. The zero-order valence-electron chi connectivity index (χ0n) is 16.8. The molecule has 6 nitrogen and oxygen atoms in total. The third-order valence-corrected chi connectivity index (χ3v) is 3.48. The van der Waals surface area contributed by atoms with Crippen molar-refractivity contribution in [3.05, 3.63) is 42.5 Å². The van der Waals surface area contributed by atoms with E-state index in [2.05, 4.69) is 11.9 Å². The maximum absolute atomic E-state index is 13.8. The molecule has 0 aliphatic heterocycles. The highest BCUT2D eigenvalue weighted by molar-refractivity contribution is 5.81. The molecule has 156 valence electrons. The average molecular weight is 399 g/mol. The molecule has 3 atom stereocenters. The van der Waals surface area contributed by atoms with Crippen LogP contribution in [0, 0.1) is 11.6 Å². The van der Waals surface area contributed by atoms with Crippen LogP contribution in [0.3, 0.4) is 0 Å². The van der Waals surface area contributed by atoms with Gasteiger partial charge in [-0.25, -0.2) is 18.4 Å². The number of carbonyl (C=O) groups excluding carboxylic acids is 2. The predicted molar refractivity (Wildman–Crippen MR) is 100.0 cm³/mol. The molecule has 0 aliphatic carbocycles. The molecule has 0 fully saturated rings. The Morgan fingerprint density at radius 2 is 1.89 bits per heavy atom. The van der Waals surface area contributed by atoms with E-state index in [0.29, 0.717) is 6.07 Å². The number of halogens is 2. The van der Waals surface area contributed by atoms with Crippen molar-refractivity contribution in [2.24, 2.45) is 0 Å². The number of rotatable bonds is 8. The number of ether oxygens (including phenoxy) is 3. The van der Waals surface area contributed by atoms with Crippen LogP contribution < -0.4 is 10.1 Å². The van der Waals surface area contributed by atoms with Crippen molar-refractivity contribution in [3.63, 3.8) is 0 Å². The molecule has 1 N–H and O–H groups in total. The van der Waals surface area contributed by atoms with Gasteiger partial charge in [0.15, 0.2) is 11.6 Å². The molecule has 0 saturated heterocycles. The Labute approximate surface area is 163 Å². The Balaban J connectivity index is 2.71. The summed E-state index contributed by atoms with van der Waals surface area (Å²) in [5.41, 5.74) is -0.705. The molecule has 1 amide bonds. The summed E-state index contributed by atoms with van der Waals surface area (Å²) >= 11 is 0. The average Bonchev–Trinajstić information content (AvgIpc) is 2.54. The summed E-state index contributed by atoms with van der Waals surface area (Å²) in [6, 6.07) is 1.95. The van der Waals surface area contributed by atoms with E-state index >= 15 is 0 Å². The first-order valence-electron chi connectivity index (χ1n) is 8.85. The second kappa shape index (κ2) is 10.1. The molecule has 1 rings (SSSR count). The quantitative estimate of drug-likeness (QED) is 0.526. The normalized spacial score (nSPS) is 14.4. The standard InChI is InChI=1S/C20H27F2NO5/c1-7-8-16(27-17-10-9-14(21)11-15(17)22)13(3)26-18(24)12(2)23-19(25)28-20(4,5)6/h7,9-13,16H,1,8H2,2-6H3,(H,23,25)/t12-,13-,16+/m0/s1. The van der Waals surface area contributed by atoms with Gasteiger partial charge in [0.25, 0.3) is 0 Å². The summed E-state index contributed by atoms with van der Waals surface area (Å²) in [7, 11) is 0.